The Morgan fingerprint density at radius 1 is 1.33 bits per heavy atom. The fraction of sp³-hybridized carbons (Fsp3) is 0.471. The number of carbonyl (C=O) groups is 2. The average molecular weight is 332 g/mol. The molecule has 1 aliphatic heterocycles. The van der Waals surface area contributed by atoms with Crippen LogP contribution in [-0.2, 0) is 4.79 Å². The number of hydrogen-bond donors (Lipinski definition) is 1. The van der Waals surface area contributed by atoms with Gasteiger partial charge in [0.05, 0.1) is 6.07 Å². The van der Waals surface area contributed by atoms with E-state index in [1.807, 2.05) is 6.07 Å². The maximum absolute atomic E-state index is 13.8. The highest BCUT2D eigenvalue weighted by Crippen LogP contribution is 2.21. The van der Waals surface area contributed by atoms with Gasteiger partial charge in [-0.15, -0.1) is 0 Å². The van der Waals surface area contributed by atoms with Gasteiger partial charge in [-0.1, -0.05) is 18.2 Å². The molecule has 0 aromatic heterocycles. The molecule has 0 saturated carbocycles. The summed E-state index contributed by atoms with van der Waals surface area (Å²) < 4.78 is 13.8. The average Bonchev–Trinajstić information content (AvgIpc) is 2.59. The van der Waals surface area contributed by atoms with Gasteiger partial charge in [-0.05, 0) is 18.9 Å². The molecule has 1 heterocycles. The van der Waals surface area contributed by atoms with Crippen LogP contribution in [0.25, 0.3) is 0 Å². The molecule has 3 amide bonds. The predicted molar refractivity (Wildman–Crippen MR) is 86.3 cm³/mol. The second-order valence-electron chi connectivity index (χ2n) is 6.03. The Labute approximate surface area is 140 Å². The Hall–Kier alpha value is -2.62. The summed E-state index contributed by atoms with van der Waals surface area (Å²) in [5.41, 5.74) is 0.161. The van der Waals surface area contributed by atoms with E-state index in [2.05, 4.69) is 5.32 Å². The van der Waals surface area contributed by atoms with Crippen LogP contribution in [0.1, 0.15) is 24.4 Å². The van der Waals surface area contributed by atoms with Crippen LogP contribution < -0.4 is 5.32 Å². The van der Waals surface area contributed by atoms with Gasteiger partial charge in [0, 0.05) is 38.7 Å². The molecule has 1 aromatic carbocycles. The summed E-state index contributed by atoms with van der Waals surface area (Å²) in [6.07, 6.45) is 1.06. The molecular formula is C17H21FN4O2. The van der Waals surface area contributed by atoms with E-state index in [-0.39, 0.29) is 23.4 Å². The van der Waals surface area contributed by atoms with Crippen LogP contribution in [0.4, 0.5) is 9.18 Å². The number of urea groups is 1. The fourth-order valence-corrected chi connectivity index (χ4v) is 2.76. The van der Waals surface area contributed by atoms with Crippen molar-refractivity contribution in [2.24, 2.45) is 5.92 Å². The maximum atomic E-state index is 13.8. The van der Waals surface area contributed by atoms with Crippen LogP contribution in [0.15, 0.2) is 24.3 Å². The van der Waals surface area contributed by atoms with E-state index < -0.39 is 11.9 Å². The summed E-state index contributed by atoms with van der Waals surface area (Å²) in [6, 6.07) is 6.75. The zero-order valence-corrected chi connectivity index (χ0v) is 13.8. The minimum Gasteiger partial charge on any atom is -0.336 e. The van der Waals surface area contributed by atoms with E-state index in [1.165, 1.54) is 23.1 Å². The van der Waals surface area contributed by atoms with E-state index >= 15 is 0 Å². The van der Waals surface area contributed by atoms with Crippen molar-refractivity contribution in [2.75, 3.05) is 27.2 Å². The Morgan fingerprint density at radius 3 is 2.50 bits per heavy atom. The molecule has 128 valence electrons. The van der Waals surface area contributed by atoms with Crippen LogP contribution >= 0.6 is 0 Å². The molecular weight excluding hydrogens is 311 g/mol. The Bertz CT molecular complexity index is 648. The first kappa shape index (κ1) is 17.7. The molecule has 1 atom stereocenters. The van der Waals surface area contributed by atoms with Crippen molar-refractivity contribution in [1.82, 2.24) is 15.1 Å². The minimum absolute atomic E-state index is 0.0740. The quantitative estimate of drug-likeness (QED) is 0.918. The minimum atomic E-state index is -1.01. The number of halogens is 1. The first-order valence-electron chi connectivity index (χ1n) is 7.84. The van der Waals surface area contributed by atoms with Gasteiger partial charge >= 0.3 is 6.03 Å². The topological polar surface area (TPSA) is 76.4 Å². The Morgan fingerprint density at radius 2 is 1.96 bits per heavy atom. The molecule has 0 aliphatic carbocycles. The van der Waals surface area contributed by atoms with Gasteiger partial charge in [0.15, 0.2) is 0 Å². The van der Waals surface area contributed by atoms with Gasteiger partial charge < -0.3 is 15.1 Å². The second kappa shape index (κ2) is 7.77. The van der Waals surface area contributed by atoms with Crippen LogP contribution in [0, 0.1) is 23.1 Å². The molecule has 0 spiro atoms. The van der Waals surface area contributed by atoms with Crippen molar-refractivity contribution >= 4 is 11.9 Å². The summed E-state index contributed by atoms with van der Waals surface area (Å²) in [5, 5.41) is 11.8. The normalized spacial score (nSPS) is 16.2. The molecule has 6 nitrogen and oxygen atoms in total. The molecule has 1 N–H and O–H groups in total. The van der Waals surface area contributed by atoms with Crippen molar-refractivity contribution in [1.29, 1.82) is 5.26 Å². The van der Waals surface area contributed by atoms with Gasteiger partial charge in [-0.25, -0.2) is 9.18 Å². The van der Waals surface area contributed by atoms with Crippen molar-refractivity contribution in [3.8, 4) is 6.07 Å². The summed E-state index contributed by atoms with van der Waals surface area (Å²) in [5.74, 6) is -1.07. The molecule has 24 heavy (non-hydrogen) atoms. The van der Waals surface area contributed by atoms with Crippen molar-refractivity contribution in [3.05, 3.63) is 35.6 Å². The van der Waals surface area contributed by atoms with Crippen LogP contribution in [-0.4, -0.2) is 48.9 Å². The Kier molecular flexibility index (Phi) is 5.74. The Balaban J connectivity index is 1.95. The summed E-state index contributed by atoms with van der Waals surface area (Å²) in [6.45, 7) is 0.984. The van der Waals surface area contributed by atoms with Crippen molar-refractivity contribution < 1.29 is 14.0 Å². The third kappa shape index (κ3) is 4.02. The second-order valence-corrected chi connectivity index (χ2v) is 6.03. The first-order chi connectivity index (χ1) is 11.4. The van der Waals surface area contributed by atoms with E-state index in [0.29, 0.717) is 25.9 Å². The SMILES string of the molecule is CN(C)C(=O)N1CCC(C(=O)N[C@H](C#N)c2ccccc2F)CC1. The van der Waals surface area contributed by atoms with E-state index in [4.69, 9.17) is 0 Å². The van der Waals surface area contributed by atoms with Gasteiger partial charge in [0.25, 0.3) is 0 Å². The molecule has 1 aliphatic rings. The summed E-state index contributed by atoms with van der Waals surface area (Å²) >= 11 is 0. The highest BCUT2D eigenvalue weighted by Gasteiger charge is 2.29. The van der Waals surface area contributed by atoms with Crippen LogP contribution in [0.3, 0.4) is 0 Å². The highest BCUT2D eigenvalue weighted by atomic mass is 19.1. The molecule has 7 heteroatoms. The zero-order valence-electron chi connectivity index (χ0n) is 13.8. The zero-order chi connectivity index (χ0) is 17.7. The first-order valence-corrected chi connectivity index (χ1v) is 7.84. The number of amides is 3. The predicted octanol–water partition coefficient (Wildman–Crippen LogP) is 1.90. The lowest BCUT2D eigenvalue weighted by Crippen LogP contribution is -2.46. The van der Waals surface area contributed by atoms with Crippen molar-refractivity contribution in [3.63, 3.8) is 0 Å². The third-order valence-corrected chi connectivity index (χ3v) is 4.15. The summed E-state index contributed by atoms with van der Waals surface area (Å²) in [7, 11) is 3.38. The summed E-state index contributed by atoms with van der Waals surface area (Å²) in [4.78, 5) is 27.5. The number of hydrogen-bond acceptors (Lipinski definition) is 3. The lowest BCUT2D eigenvalue weighted by Gasteiger charge is -2.33. The molecule has 0 radical (unpaired) electrons. The van der Waals surface area contributed by atoms with E-state index in [1.54, 1.807) is 25.1 Å². The van der Waals surface area contributed by atoms with Gasteiger partial charge in [0.1, 0.15) is 11.9 Å². The fourth-order valence-electron chi connectivity index (χ4n) is 2.76. The lowest BCUT2D eigenvalue weighted by atomic mass is 9.95. The molecule has 0 bridgehead atoms. The van der Waals surface area contributed by atoms with Crippen LogP contribution in [0.2, 0.25) is 0 Å². The number of nitrogens with zero attached hydrogens (tertiary/aromatic N) is 3. The molecule has 1 fully saturated rings. The number of nitriles is 1. The number of piperidine rings is 1. The molecule has 0 unspecified atom stereocenters. The van der Waals surface area contributed by atoms with Crippen molar-refractivity contribution in [2.45, 2.75) is 18.9 Å². The van der Waals surface area contributed by atoms with Gasteiger partial charge in [-0.3, -0.25) is 4.79 Å². The lowest BCUT2D eigenvalue weighted by molar-refractivity contribution is -0.126. The van der Waals surface area contributed by atoms with E-state index in [9.17, 15) is 19.2 Å². The third-order valence-electron chi connectivity index (χ3n) is 4.15. The van der Waals surface area contributed by atoms with Gasteiger partial charge in [0.2, 0.25) is 5.91 Å². The number of likely N-dealkylation sites (tertiary alicyclic amines) is 1. The maximum Gasteiger partial charge on any atom is 0.319 e. The number of carbonyl (C=O) groups excluding carboxylic acids is 2. The number of rotatable bonds is 3. The highest BCUT2D eigenvalue weighted by molar-refractivity contribution is 5.80. The monoisotopic (exact) mass is 332 g/mol. The standard InChI is InChI=1S/C17H21FN4O2/c1-21(2)17(24)22-9-7-12(8-10-22)16(23)20-15(11-19)13-5-3-4-6-14(13)18/h3-6,12,15H,7-10H2,1-2H3,(H,20,23)/t15-/m1/s1. The number of benzene rings is 1. The van der Waals surface area contributed by atoms with Gasteiger partial charge in [-0.2, -0.15) is 5.26 Å². The molecule has 2 rings (SSSR count). The largest absolute Gasteiger partial charge is 0.336 e. The molecule has 1 saturated heterocycles. The molecule has 1 aromatic rings. The van der Waals surface area contributed by atoms with Crippen LogP contribution in [0.5, 0.6) is 0 Å². The smallest absolute Gasteiger partial charge is 0.319 e. The van der Waals surface area contributed by atoms with E-state index in [0.717, 1.165) is 0 Å². The number of nitrogens with one attached hydrogen (secondary N) is 1.